The largest absolute Gasteiger partial charge is 0.377 e. The summed E-state index contributed by atoms with van der Waals surface area (Å²) >= 11 is 0. The quantitative estimate of drug-likeness (QED) is 0.641. The molecule has 2 unspecified atom stereocenters. The minimum absolute atomic E-state index is 0.273. The first kappa shape index (κ1) is 10.9. The topological polar surface area (TPSA) is 35.2 Å². The molecule has 0 spiro atoms. The minimum atomic E-state index is 0.273. The van der Waals surface area contributed by atoms with Crippen LogP contribution in [0.4, 0.5) is 0 Å². The first-order chi connectivity index (χ1) is 5.24. The standard InChI is InChI=1S/C9H21NO/c1-4-8(3)6-9(7-10)11-5-2/h8-9H,4-7,10H2,1-3H3. The molecule has 68 valence electrons. The molecule has 0 saturated carbocycles. The Bertz CT molecular complexity index is 85.6. The molecule has 2 nitrogen and oxygen atoms in total. The third-order valence-corrected chi connectivity index (χ3v) is 2.03. The van der Waals surface area contributed by atoms with Crippen molar-refractivity contribution in [1.29, 1.82) is 0 Å². The summed E-state index contributed by atoms with van der Waals surface area (Å²) in [5.41, 5.74) is 5.54. The van der Waals surface area contributed by atoms with Crippen molar-refractivity contribution in [3.63, 3.8) is 0 Å². The van der Waals surface area contributed by atoms with E-state index in [0.717, 1.165) is 18.9 Å². The van der Waals surface area contributed by atoms with E-state index in [0.29, 0.717) is 6.54 Å². The van der Waals surface area contributed by atoms with Gasteiger partial charge in [0.25, 0.3) is 0 Å². The zero-order chi connectivity index (χ0) is 8.69. The maximum Gasteiger partial charge on any atom is 0.0699 e. The van der Waals surface area contributed by atoms with Crippen LogP contribution in [0.5, 0.6) is 0 Å². The molecular formula is C9H21NO. The highest BCUT2D eigenvalue weighted by atomic mass is 16.5. The van der Waals surface area contributed by atoms with E-state index < -0.39 is 0 Å². The molecular weight excluding hydrogens is 138 g/mol. The van der Waals surface area contributed by atoms with Crippen LogP contribution in [0.2, 0.25) is 0 Å². The number of hydrogen-bond donors (Lipinski definition) is 1. The number of ether oxygens (including phenoxy) is 1. The maximum absolute atomic E-state index is 5.54. The Balaban J connectivity index is 3.49. The Labute approximate surface area is 70.1 Å². The molecule has 11 heavy (non-hydrogen) atoms. The summed E-state index contributed by atoms with van der Waals surface area (Å²) in [4.78, 5) is 0. The third-order valence-electron chi connectivity index (χ3n) is 2.03. The van der Waals surface area contributed by atoms with E-state index in [1.165, 1.54) is 6.42 Å². The second-order valence-electron chi connectivity index (χ2n) is 3.06. The van der Waals surface area contributed by atoms with Gasteiger partial charge >= 0.3 is 0 Å². The van der Waals surface area contributed by atoms with Crippen LogP contribution in [-0.2, 0) is 4.74 Å². The van der Waals surface area contributed by atoms with E-state index >= 15 is 0 Å². The first-order valence-electron chi connectivity index (χ1n) is 4.56. The highest BCUT2D eigenvalue weighted by Gasteiger charge is 2.09. The average molecular weight is 159 g/mol. The van der Waals surface area contributed by atoms with Gasteiger partial charge in [-0.15, -0.1) is 0 Å². The van der Waals surface area contributed by atoms with Gasteiger partial charge in [-0.2, -0.15) is 0 Å². The number of rotatable bonds is 6. The average Bonchev–Trinajstić information content (AvgIpc) is 2.03. The van der Waals surface area contributed by atoms with E-state index in [1.807, 2.05) is 6.92 Å². The van der Waals surface area contributed by atoms with E-state index in [9.17, 15) is 0 Å². The molecule has 0 bridgehead atoms. The summed E-state index contributed by atoms with van der Waals surface area (Å²) in [6.45, 7) is 7.88. The van der Waals surface area contributed by atoms with Gasteiger partial charge in [0, 0.05) is 13.2 Å². The Morgan fingerprint density at radius 3 is 2.36 bits per heavy atom. The van der Waals surface area contributed by atoms with E-state index in [-0.39, 0.29) is 6.10 Å². The van der Waals surface area contributed by atoms with Gasteiger partial charge in [0.1, 0.15) is 0 Å². The minimum Gasteiger partial charge on any atom is -0.377 e. The molecule has 0 rings (SSSR count). The fourth-order valence-electron chi connectivity index (χ4n) is 1.08. The Hall–Kier alpha value is -0.0800. The number of nitrogens with two attached hydrogens (primary N) is 1. The van der Waals surface area contributed by atoms with Gasteiger partial charge in [-0.3, -0.25) is 0 Å². The lowest BCUT2D eigenvalue weighted by Crippen LogP contribution is -2.25. The molecule has 0 fully saturated rings. The smallest absolute Gasteiger partial charge is 0.0699 e. The lowest BCUT2D eigenvalue weighted by atomic mass is 10.0. The van der Waals surface area contributed by atoms with Crippen molar-refractivity contribution >= 4 is 0 Å². The summed E-state index contributed by atoms with van der Waals surface area (Å²) in [6.07, 6.45) is 2.58. The van der Waals surface area contributed by atoms with Gasteiger partial charge in [-0.1, -0.05) is 20.3 Å². The molecule has 0 radical (unpaired) electrons. The maximum atomic E-state index is 5.54. The van der Waals surface area contributed by atoms with Crippen LogP contribution in [0, 0.1) is 5.92 Å². The van der Waals surface area contributed by atoms with Crippen LogP contribution >= 0.6 is 0 Å². The molecule has 0 aromatic carbocycles. The first-order valence-corrected chi connectivity index (χ1v) is 4.56. The van der Waals surface area contributed by atoms with E-state index in [4.69, 9.17) is 10.5 Å². The van der Waals surface area contributed by atoms with Crippen molar-refractivity contribution in [1.82, 2.24) is 0 Å². The van der Waals surface area contributed by atoms with E-state index in [1.54, 1.807) is 0 Å². The highest BCUT2D eigenvalue weighted by Crippen LogP contribution is 2.11. The molecule has 0 aromatic rings. The predicted molar refractivity (Wildman–Crippen MR) is 48.5 cm³/mol. The molecule has 0 amide bonds. The van der Waals surface area contributed by atoms with Gasteiger partial charge < -0.3 is 10.5 Å². The van der Waals surface area contributed by atoms with Gasteiger partial charge in [-0.05, 0) is 19.3 Å². The summed E-state index contributed by atoms with van der Waals surface area (Å²) in [6, 6.07) is 0. The SMILES string of the molecule is CCOC(CN)CC(C)CC. The lowest BCUT2D eigenvalue weighted by molar-refractivity contribution is 0.0522. The summed E-state index contributed by atoms with van der Waals surface area (Å²) in [5, 5.41) is 0. The van der Waals surface area contributed by atoms with Crippen molar-refractivity contribution in [2.45, 2.75) is 39.7 Å². The summed E-state index contributed by atoms with van der Waals surface area (Å²) < 4.78 is 5.44. The normalized spacial score (nSPS) is 16.4. The molecule has 0 aromatic heterocycles. The van der Waals surface area contributed by atoms with Gasteiger partial charge in [0.2, 0.25) is 0 Å². The Morgan fingerprint density at radius 2 is 2.00 bits per heavy atom. The molecule has 2 heteroatoms. The second kappa shape index (κ2) is 6.62. The Morgan fingerprint density at radius 1 is 1.36 bits per heavy atom. The molecule has 2 atom stereocenters. The van der Waals surface area contributed by atoms with Crippen molar-refractivity contribution in [2.24, 2.45) is 11.7 Å². The lowest BCUT2D eigenvalue weighted by Gasteiger charge is -2.18. The zero-order valence-electron chi connectivity index (χ0n) is 7.97. The summed E-state index contributed by atoms with van der Waals surface area (Å²) in [7, 11) is 0. The van der Waals surface area contributed by atoms with Crippen LogP contribution in [0.1, 0.15) is 33.6 Å². The zero-order valence-corrected chi connectivity index (χ0v) is 7.97. The fourth-order valence-corrected chi connectivity index (χ4v) is 1.08. The van der Waals surface area contributed by atoms with E-state index in [2.05, 4.69) is 13.8 Å². The van der Waals surface area contributed by atoms with Crippen molar-refractivity contribution < 1.29 is 4.74 Å². The molecule has 2 N–H and O–H groups in total. The Kier molecular flexibility index (Phi) is 6.57. The summed E-state index contributed by atoms with van der Waals surface area (Å²) in [5.74, 6) is 0.732. The van der Waals surface area contributed by atoms with Crippen LogP contribution in [0.3, 0.4) is 0 Å². The van der Waals surface area contributed by atoms with Crippen molar-refractivity contribution in [3.05, 3.63) is 0 Å². The van der Waals surface area contributed by atoms with Crippen LogP contribution in [0.25, 0.3) is 0 Å². The predicted octanol–water partition coefficient (Wildman–Crippen LogP) is 1.79. The molecule has 0 aliphatic carbocycles. The second-order valence-corrected chi connectivity index (χ2v) is 3.06. The van der Waals surface area contributed by atoms with Crippen molar-refractivity contribution in [2.75, 3.05) is 13.2 Å². The fraction of sp³-hybridized carbons (Fsp3) is 1.00. The van der Waals surface area contributed by atoms with Crippen LogP contribution in [0.15, 0.2) is 0 Å². The van der Waals surface area contributed by atoms with Gasteiger partial charge in [0.15, 0.2) is 0 Å². The van der Waals surface area contributed by atoms with Gasteiger partial charge in [0.05, 0.1) is 6.10 Å². The number of hydrogen-bond acceptors (Lipinski definition) is 2. The third kappa shape index (κ3) is 5.22. The highest BCUT2D eigenvalue weighted by molar-refractivity contribution is 4.62. The van der Waals surface area contributed by atoms with Crippen LogP contribution < -0.4 is 5.73 Å². The van der Waals surface area contributed by atoms with Crippen LogP contribution in [-0.4, -0.2) is 19.3 Å². The monoisotopic (exact) mass is 159 g/mol. The molecule has 0 heterocycles. The molecule has 0 aliphatic rings. The molecule has 0 aliphatic heterocycles. The van der Waals surface area contributed by atoms with Crippen molar-refractivity contribution in [3.8, 4) is 0 Å². The molecule has 0 saturated heterocycles. The van der Waals surface area contributed by atoms with Gasteiger partial charge in [-0.25, -0.2) is 0 Å².